The molecule has 0 bridgehead atoms. The number of rotatable bonds is 7. The summed E-state index contributed by atoms with van der Waals surface area (Å²) in [5.74, 6) is 1.06. The molecule has 0 spiro atoms. The van der Waals surface area contributed by atoms with Crippen molar-refractivity contribution in [3.05, 3.63) is 76.5 Å². The minimum absolute atomic E-state index is 0.0570. The molecule has 0 saturated carbocycles. The second-order valence-electron chi connectivity index (χ2n) is 8.11. The Morgan fingerprint density at radius 3 is 2.31 bits per heavy atom. The predicted molar refractivity (Wildman–Crippen MR) is 124 cm³/mol. The van der Waals surface area contributed by atoms with Crippen LogP contribution >= 0.6 is 0 Å². The van der Waals surface area contributed by atoms with E-state index in [9.17, 15) is 9.59 Å². The topological polar surface area (TPSA) is 69.4 Å². The lowest BCUT2D eigenvalue weighted by molar-refractivity contribution is 0.0710. The van der Waals surface area contributed by atoms with E-state index in [0.717, 1.165) is 29.8 Å². The molecule has 3 aromatic rings. The van der Waals surface area contributed by atoms with Crippen molar-refractivity contribution < 1.29 is 9.53 Å². The van der Waals surface area contributed by atoms with Gasteiger partial charge in [-0.25, -0.2) is 9.48 Å². The Labute approximate surface area is 188 Å². The van der Waals surface area contributed by atoms with Gasteiger partial charge in [0.1, 0.15) is 5.82 Å². The third-order valence-corrected chi connectivity index (χ3v) is 6.16. The zero-order valence-corrected chi connectivity index (χ0v) is 18.7. The van der Waals surface area contributed by atoms with Gasteiger partial charge in [-0.1, -0.05) is 42.5 Å². The van der Waals surface area contributed by atoms with E-state index in [1.54, 1.807) is 11.7 Å². The van der Waals surface area contributed by atoms with E-state index in [1.807, 2.05) is 54.3 Å². The van der Waals surface area contributed by atoms with Crippen molar-refractivity contribution in [3.8, 4) is 11.1 Å². The Morgan fingerprint density at radius 1 is 1.03 bits per heavy atom. The second-order valence-corrected chi connectivity index (χ2v) is 8.11. The molecular weight excluding hydrogens is 404 g/mol. The lowest BCUT2D eigenvalue weighted by Crippen LogP contribution is -2.38. The number of methoxy groups -OCH3 is 1. The molecule has 0 unspecified atom stereocenters. The average molecular weight is 435 g/mol. The van der Waals surface area contributed by atoms with Crippen molar-refractivity contribution in [2.45, 2.75) is 38.8 Å². The molecule has 1 aliphatic rings. The number of benzene rings is 2. The number of likely N-dealkylation sites (tertiary alicyclic amines) is 1. The summed E-state index contributed by atoms with van der Waals surface area (Å²) in [5, 5.41) is 4.59. The van der Waals surface area contributed by atoms with E-state index >= 15 is 0 Å². The fourth-order valence-electron chi connectivity index (χ4n) is 4.34. The molecule has 1 saturated heterocycles. The van der Waals surface area contributed by atoms with Crippen LogP contribution in [0.3, 0.4) is 0 Å². The minimum Gasteiger partial charge on any atom is -0.383 e. The highest BCUT2D eigenvalue weighted by molar-refractivity contribution is 5.94. The largest absolute Gasteiger partial charge is 0.383 e. The van der Waals surface area contributed by atoms with Crippen molar-refractivity contribution in [3.63, 3.8) is 0 Å². The molecule has 7 heteroatoms. The van der Waals surface area contributed by atoms with Crippen molar-refractivity contribution >= 4 is 5.91 Å². The van der Waals surface area contributed by atoms with Gasteiger partial charge in [0, 0.05) is 38.2 Å². The fourth-order valence-corrected chi connectivity index (χ4v) is 4.34. The Kier molecular flexibility index (Phi) is 6.85. The molecule has 0 atom stereocenters. The molecule has 4 rings (SSSR count). The van der Waals surface area contributed by atoms with Crippen molar-refractivity contribution in [2.24, 2.45) is 0 Å². The standard InChI is InChI=1S/C25H30N4O3/c1-3-28-23(26-29(25(28)31)17-18-32-2)21-13-15-27(16-14-21)24(30)22-11-9-20(10-12-22)19-7-5-4-6-8-19/h4-12,21H,3,13-18H2,1-2H3. The summed E-state index contributed by atoms with van der Waals surface area (Å²) >= 11 is 0. The number of carbonyl (C=O) groups excluding carboxylic acids is 1. The van der Waals surface area contributed by atoms with Gasteiger partial charge in [-0.05, 0) is 43.0 Å². The first-order valence-corrected chi connectivity index (χ1v) is 11.2. The van der Waals surface area contributed by atoms with Gasteiger partial charge in [0.2, 0.25) is 0 Å². The predicted octanol–water partition coefficient (Wildman–Crippen LogP) is 3.40. The highest BCUT2D eigenvalue weighted by Gasteiger charge is 2.28. The molecule has 1 aliphatic heterocycles. The Morgan fingerprint density at radius 2 is 1.69 bits per heavy atom. The molecule has 1 aromatic heterocycles. The lowest BCUT2D eigenvalue weighted by atomic mass is 9.95. The first-order valence-electron chi connectivity index (χ1n) is 11.2. The van der Waals surface area contributed by atoms with Crippen LogP contribution in [0.4, 0.5) is 0 Å². The van der Waals surface area contributed by atoms with Crippen molar-refractivity contribution in [2.75, 3.05) is 26.8 Å². The van der Waals surface area contributed by atoms with E-state index in [4.69, 9.17) is 4.74 Å². The molecule has 0 radical (unpaired) electrons. The summed E-state index contributed by atoms with van der Waals surface area (Å²) in [4.78, 5) is 27.5. The van der Waals surface area contributed by atoms with Crippen molar-refractivity contribution in [1.29, 1.82) is 0 Å². The van der Waals surface area contributed by atoms with Gasteiger partial charge in [-0.15, -0.1) is 0 Å². The number of ether oxygens (including phenoxy) is 1. The molecule has 7 nitrogen and oxygen atoms in total. The van der Waals surface area contributed by atoms with E-state index in [0.29, 0.717) is 38.3 Å². The van der Waals surface area contributed by atoms with Gasteiger partial charge in [-0.2, -0.15) is 5.10 Å². The summed E-state index contributed by atoms with van der Waals surface area (Å²) in [6, 6.07) is 18.0. The normalized spacial score (nSPS) is 14.6. The summed E-state index contributed by atoms with van der Waals surface area (Å²) in [5.41, 5.74) is 2.86. The SMILES string of the molecule is CCn1c(C2CCN(C(=O)c3ccc(-c4ccccc4)cc3)CC2)nn(CCOC)c1=O. The summed E-state index contributed by atoms with van der Waals surface area (Å²) in [7, 11) is 1.62. The summed E-state index contributed by atoms with van der Waals surface area (Å²) < 4.78 is 8.34. The average Bonchev–Trinajstić information content (AvgIpc) is 3.18. The number of amides is 1. The first kappa shape index (κ1) is 22.0. The number of carbonyl (C=O) groups is 1. The molecule has 0 N–H and O–H groups in total. The van der Waals surface area contributed by atoms with Crippen LogP contribution in [0, 0.1) is 0 Å². The maximum Gasteiger partial charge on any atom is 0.345 e. The molecule has 0 aliphatic carbocycles. The maximum atomic E-state index is 13.0. The zero-order valence-electron chi connectivity index (χ0n) is 18.7. The van der Waals surface area contributed by atoms with Crippen LogP contribution < -0.4 is 5.69 Å². The molecular formula is C25H30N4O3. The van der Waals surface area contributed by atoms with E-state index < -0.39 is 0 Å². The zero-order chi connectivity index (χ0) is 22.5. The van der Waals surface area contributed by atoms with Crippen LogP contribution in [0.2, 0.25) is 0 Å². The van der Waals surface area contributed by atoms with Crippen LogP contribution in [0.15, 0.2) is 59.4 Å². The monoisotopic (exact) mass is 434 g/mol. The van der Waals surface area contributed by atoms with E-state index in [-0.39, 0.29) is 17.5 Å². The summed E-state index contributed by atoms with van der Waals surface area (Å²) in [6.45, 7) is 4.78. The van der Waals surface area contributed by atoms with Gasteiger partial charge < -0.3 is 9.64 Å². The highest BCUT2D eigenvalue weighted by Crippen LogP contribution is 2.27. The van der Waals surface area contributed by atoms with Crippen LogP contribution in [0.25, 0.3) is 11.1 Å². The smallest absolute Gasteiger partial charge is 0.345 e. The van der Waals surface area contributed by atoms with Crippen molar-refractivity contribution in [1.82, 2.24) is 19.2 Å². The maximum absolute atomic E-state index is 13.0. The Bertz CT molecular complexity index is 1090. The molecule has 2 aromatic carbocycles. The Hall–Kier alpha value is -3.19. The van der Waals surface area contributed by atoms with E-state index in [1.165, 1.54) is 4.68 Å². The first-order chi connectivity index (χ1) is 15.6. The number of aromatic nitrogens is 3. The highest BCUT2D eigenvalue weighted by atomic mass is 16.5. The third-order valence-electron chi connectivity index (χ3n) is 6.16. The van der Waals surface area contributed by atoms with Crippen LogP contribution in [-0.4, -0.2) is 52.0 Å². The van der Waals surface area contributed by atoms with Crippen LogP contribution in [0.5, 0.6) is 0 Å². The Balaban J connectivity index is 1.41. The number of hydrogen-bond acceptors (Lipinski definition) is 4. The van der Waals surface area contributed by atoms with Gasteiger partial charge in [-0.3, -0.25) is 9.36 Å². The van der Waals surface area contributed by atoms with E-state index in [2.05, 4.69) is 17.2 Å². The van der Waals surface area contributed by atoms with Crippen LogP contribution in [0.1, 0.15) is 41.9 Å². The molecule has 168 valence electrons. The third kappa shape index (κ3) is 4.53. The van der Waals surface area contributed by atoms with Gasteiger partial charge in [0.15, 0.2) is 0 Å². The number of nitrogens with zero attached hydrogens (tertiary/aromatic N) is 4. The van der Waals surface area contributed by atoms with Gasteiger partial charge in [0.25, 0.3) is 5.91 Å². The molecule has 1 fully saturated rings. The lowest BCUT2D eigenvalue weighted by Gasteiger charge is -2.31. The van der Waals surface area contributed by atoms with Gasteiger partial charge in [0.05, 0.1) is 13.2 Å². The molecule has 32 heavy (non-hydrogen) atoms. The molecule has 1 amide bonds. The fraction of sp³-hybridized carbons (Fsp3) is 0.400. The van der Waals surface area contributed by atoms with Crippen LogP contribution in [-0.2, 0) is 17.8 Å². The van der Waals surface area contributed by atoms with Gasteiger partial charge >= 0.3 is 5.69 Å². The number of piperidine rings is 1. The second kappa shape index (κ2) is 9.96. The minimum atomic E-state index is -0.0865. The summed E-state index contributed by atoms with van der Waals surface area (Å²) in [6.07, 6.45) is 1.60. The number of hydrogen-bond donors (Lipinski definition) is 0. The quantitative estimate of drug-likeness (QED) is 0.572. The molecule has 2 heterocycles.